The predicted molar refractivity (Wildman–Crippen MR) is 125 cm³/mol. The van der Waals surface area contributed by atoms with Gasteiger partial charge in [-0.1, -0.05) is 18.7 Å². The monoisotopic (exact) mass is 457 g/mol. The Kier molecular flexibility index (Phi) is 7.86. The molecular formula is C24H32FN5O3. The fourth-order valence-electron chi connectivity index (χ4n) is 4.00. The molecule has 0 aromatic heterocycles. The van der Waals surface area contributed by atoms with E-state index in [4.69, 9.17) is 0 Å². The first-order valence-electron chi connectivity index (χ1n) is 11.1. The minimum Gasteiger partial charge on any atom is -0.504 e. The third-order valence-corrected chi connectivity index (χ3v) is 5.92. The van der Waals surface area contributed by atoms with Crippen LogP contribution >= 0.6 is 0 Å². The molecule has 1 fully saturated rings. The topological polar surface area (TPSA) is 88.5 Å². The van der Waals surface area contributed by atoms with E-state index in [1.807, 2.05) is 19.0 Å². The molecule has 2 heterocycles. The second-order valence-corrected chi connectivity index (χ2v) is 8.64. The number of aliphatic hydroxyl groups excluding tert-OH is 1. The lowest BCUT2D eigenvalue weighted by Gasteiger charge is -2.42. The summed E-state index contributed by atoms with van der Waals surface area (Å²) >= 11 is 0. The van der Waals surface area contributed by atoms with Gasteiger partial charge in [0.15, 0.2) is 11.5 Å². The van der Waals surface area contributed by atoms with Gasteiger partial charge in [0.05, 0.1) is 11.7 Å². The third-order valence-electron chi connectivity index (χ3n) is 5.92. The van der Waals surface area contributed by atoms with E-state index in [-0.39, 0.29) is 35.8 Å². The molecule has 0 radical (unpaired) electrons. The predicted octanol–water partition coefficient (Wildman–Crippen LogP) is 2.40. The molecule has 9 heteroatoms. The van der Waals surface area contributed by atoms with Crippen LogP contribution in [0.15, 0.2) is 53.0 Å². The molecule has 2 aliphatic heterocycles. The van der Waals surface area contributed by atoms with Gasteiger partial charge in [0.25, 0.3) is 5.91 Å². The van der Waals surface area contributed by atoms with E-state index >= 15 is 0 Å². The van der Waals surface area contributed by atoms with E-state index < -0.39 is 5.91 Å². The van der Waals surface area contributed by atoms with Crippen molar-refractivity contribution in [2.75, 3.05) is 34.2 Å². The Bertz CT molecular complexity index is 971. The van der Waals surface area contributed by atoms with Crippen molar-refractivity contribution >= 4 is 17.6 Å². The summed E-state index contributed by atoms with van der Waals surface area (Å²) < 4.78 is 13.1. The molecule has 3 rings (SSSR count). The number of hydrogen-bond acceptors (Lipinski definition) is 6. The van der Waals surface area contributed by atoms with Crippen LogP contribution in [0.3, 0.4) is 0 Å². The number of piperidine rings is 1. The molecule has 1 unspecified atom stereocenters. The summed E-state index contributed by atoms with van der Waals surface area (Å²) in [6.45, 7) is 5.54. The Morgan fingerprint density at radius 2 is 1.97 bits per heavy atom. The number of hydrogen-bond donors (Lipinski definition) is 2. The van der Waals surface area contributed by atoms with Gasteiger partial charge in [0.2, 0.25) is 5.91 Å². The third kappa shape index (κ3) is 5.78. The highest BCUT2D eigenvalue weighted by atomic mass is 19.1. The van der Waals surface area contributed by atoms with Gasteiger partial charge in [-0.3, -0.25) is 9.59 Å². The maximum atomic E-state index is 13.1. The van der Waals surface area contributed by atoms with E-state index in [0.717, 1.165) is 19.4 Å². The van der Waals surface area contributed by atoms with Gasteiger partial charge in [-0.05, 0) is 57.6 Å². The van der Waals surface area contributed by atoms with Gasteiger partial charge >= 0.3 is 0 Å². The fourth-order valence-corrected chi connectivity index (χ4v) is 4.00. The summed E-state index contributed by atoms with van der Waals surface area (Å²) in [6, 6.07) is 5.47. The van der Waals surface area contributed by atoms with Crippen molar-refractivity contribution in [1.29, 1.82) is 0 Å². The van der Waals surface area contributed by atoms with E-state index in [2.05, 4.69) is 16.9 Å². The molecule has 2 N–H and O–H groups in total. The SMILES string of the molecule is C=C1C(O)=C(C(=O)NCc2ccc(F)cc2)N=C2C(N(C)C(=O)CCCN(C)C)CCCN12. The lowest BCUT2D eigenvalue weighted by atomic mass is 9.99. The van der Waals surface area contributed by atoms with Crippen molar-refractivity contribution in [1.82, 2.24) is 20.0 Å². The number of benzene rings is 1. The summed E-state index contributed by atoms with van der Waals surface area (Å²) in [7, 11) is 5.69. The number of amidine groups is 1. The average Bonchev–Trinajstić information content (AvgIpc) is 2.79. The van der Waals surface area contributed by atoms with Crippen LogP contribution in [-0.4, -0.2) is 77.7 Å². The van der Waals surface area contributed by atoms with Crippen molar-refractivity contribution < 1.29 is 19.1 Å². The van der Waals surface area contributed by atoms with Crippen LogP contribution in [0, 0.1) is 5.82 Å². The van der Waals surface area contributed by atoms with Crippen LogP contribution in [-0.2, 0) is 16.1 Å². The zero-order chi connectivity index (χ0) is 24.1. The van der Waals surface area contributed by atoms with Crippen molar-refractivity contribution in [3.63, 3.8) is 0 Å². The van der Waals surface area contributed by atoms with Gasteiger partial charge in [0, 0.05) is 26.6 Å². The standard InChI is InChI=1S/C24H32FN5O3/c1-16-22(32)21(24(33)26-15-17-9-11-18(25)12-10-17)27-23-19(7-5-14-30(16)23)29(4)20(31)8-6-13-28(2)3/h9-12,19,32H,1,5-8,13-15H2,2-4H3,(H,26,33). The molecular weight excluding hydrogens is 425 g/mol. The normalized spacial score (nSPS) is 18.2. The number of aliphatic hydroxyl groups is 1. The van der Waals surface area contributed by atoms with Crippen LogP contribution in [0.5, 0.6) is 0 Å². The zero-order valence-electron chi connectivity index (χ0n) is 19.5. The van der Waals surface area contributed by atoms with Crippen LogP contribution in [0.1, 0.15) is 31.2 Å². The average molecular weight is 458 g/mol. The van der Waals surface area contributed by atoms with Gasteiger partial charge < -0.3 is 25.1 Å². The summed E-state index contributed by atoms with van der Waals surface area (Å²) in [5.74, 6) is -0.646. The molecule has 8 nitrogen and oxygen atoms in total. The molecule has 33 heavy (non-hydrogen) atoms. The molecule has 0 saturated carbocycles. The van der Waals surface area contributed by atoms with Crippen LogP contribution in [0.2, 0.25) is 0 Å². The number of carbonyl (C=O) groups excluding carboxylic acids is 2. The lowest BCUT2D eigenvalue weighted by molar-refractivity contribution is -0.131. The zero-order valence-corrected chi connectivity index (χ0v) is 19.5. The first-order valence-corrected chi connectivity index (χ1v) is 11.1. The van der Waals surface area contributed by atoms with Crippen molar-refractivity contribution in [2.24, 2.45) is 4.99 Å². The Morgan fingerprint density at radius 1 is 1.27 bits per heavy atom. The summed E-state index contributed by atoms with van der Waals surface area (Å²) in [5.41, 5.74) is 0.881. The maximum absolute atomic E-state index is 13.1. The first kappa shape index (κ1) is 24.4. The number of nitrogens with one attached hydrogen (secondary N) is 1. The highest BCUT2D eigenvalue weighted by Gasteiger charge is 2.38. The molecule has 2 amide bonds. The largest absolute Gasteiger partial charge is 0.504 e. The summed E-state index contributed by atoms with van der Waals surface area (Å²) in [5, 5.41) is 13.3. The number of fused-ring (bicyclic) bond motifs is 1. The van der Waals surface area contributed by atoms with Gasteiger partial charge in [0.1, 0.15) is 11.7 Å². The molecule has 178 valence electrons. The lowest BCUT2D eigenvalue weighted by Crippen LogP contribution is -2.54. The number of carbonyl (C=O) groups is 2. The molecule has 0 bridgehead atoms. The van der Waals surface area contributed by atoms with E-state index in [0.29, 0.717) is 36.5 Å². The maximum Gasteiger partial charge on any atom is 0.274 e. The Hall–Kier alpha value is -3.20. The molecule has 2 aliphatic rings. The molecule has 1 atom stereocenters. The van der Waals surface area contributed by atoms with E-state index in [9.17, 15) is 19.1 Å². The first-order chi connectivity index (χ1) is 15.7. The van der Waals surface area contributed by atoms with Crippen LogP contribution < -0.4 is 5.32 Å². The molecule has 1 aromatic rings. The number of nitrogens with zero attached hydrogens (tertiary/aromatic N) is 4. The van der Waals surface area contributed by atoms with Crippen molar-refractivity contribution in [3.8, 4) is 0 Å². The Morgan fingerprint density at radius 3 is 2.64 bits per heavy atom. The smallest absolute Gasteiger partial charge is 0.274 e. The van der Waals surface area contributed by atoms with Gasteiger partial charge in [-0.25, -0.2) is 9.38 Å². The van der Waals surface area contributed by atoms with Crippen LogP contribution in [0.4, 0.5) is 4.39 Å². The van der Waals surface area contributed by atoms with E-state index in [1.165, 1.54) is 12.1 Å². The van der Waals surface area contributed by atoms with Gasteiger partial charge in [-0.15, -0.1) is 0 Å². The summed E-state index contributed by atoms with van der Waals surface area (Å²) in [4.78, 5) is 35.6. The van der Waals surface area contributed by atoms with Crippen LogP contribution in [0.25, 0.3) is 0 Å². The van der Waals surface area contributed by atoms with Crippen molar-refractivity contribution in [3.05, 3.63) is 59.4 Å². The Balaban J connectivity index is 1.76. The van der Waals surface area contributed by atoms with E-state index in [1.54, 1.807) is 29.0 Å². The molecule has 0 aliphatic carbocycles. The molecule has 0 spiro atoms. The number of likely N-dealkylation sites (N-methyl/N-ethyl adjacent to an activating group) is 1. The quantitative estimate of drug-likeness (QED) is 0.626. The minimum absolute atomic E-state index is 0.0121. The van der Waals surface area contributed by atoms with Gasteiger partial charge in [-0.2, -0.15) is 0 Å². The molecule has 1 saturated heterocycles. The second kappa shape index (κ2) is 10.6. The van der Waals surface area contributed by atoms with Crippen molar-refractivity contribution in [2.45, 2.75) is 38.3 Å². The summed E-state index contributed by atoms with van der Waals surface area (Å²) in [6.07, 6.45) is 2.69. The number of aliphatic imine (C=N–C) groups is 1. The second-order valence-electron chi connectivity index (χ2n) is 8.64. The number of halogens is 1. The number of amides is 2. The number of rotatable bonds is 8. The fraction of sp³-hybridized carbons (Fsp3) is 0.458. The highest BCUT2D eigenvalue weighted by Crippen LogP contribution is 2.30. The highest BCUT2D eigenvalue weighted by molar-refractivity contribution is 6.02. The molecule has 1 aromatic carbocycles. The minimum atomic E-state index is -0.561. The Labute approximate surface area is 194 Å².